The third kappa shape index (κ3) is 3.84. The first kappa shape index (κ1) is 24.2. The molecule has 1 aliphatic heterocycles. The van der Waals surface area contributed by atoms with Gasteiger partial charge in [-0.15, -0.1) is 0 Å². The van der Waals surface area contributed by atoms with Crippen molar-refractivity contribution in [2.24, 2.45) is 16.4 Å². The van der Waals surface area contributed by atoms with Crippen LogP contribution in [0.3, 0.4) is 0 Å². The second-order valence-electron chi connectivity index (χ2n) is 10.5. The first-order chi connectivity index (χ1) is 16.7. The molecular formula is C28H35N3O3S. The molecule has 0 saturated heterocycles. The number of hydrazone groups is 1. The molecule has 35 heavy (non-hydrogen) atoms. The fourth-order valence-electron chi connectivity index (χ4n) is 6.50. The number of benzene rings is 1. The molecule has 0 spiro atoms. The molecule has 1 aromatic carbocycles. The van der Waals surface area contributed by atoms with Crippen LogP contribution in [0.5, 0.6) is 0 Å². The van der Waals surface area contributed by atoms with E-state index in [0.717, 1.165) is 24.9 Å². The van der Waals surface area contributed by atoms with Crippen molar-refractivity contribution in [1.29, 1.82) is 0 Å². The van der Waals surface area contributed by atoms with E-state index in [-0.39, 0.29) is 17.4 Å². The molecule has 0 bridgehead atoms. The van der Waals surface area contributed by atoms with E-state index in [1.165, 1.54) is 5.57 Å². The highest BCUT2D eigenvalue weighted by molar-refractivity contribution is 7.92. The number of rotatable bonds is 7. The first-order valence-corrected chi connectivity index (χ1v) is 14.3. The van der Waals surface area contributed by atoms with Gasteiger partial charge in [-0.05, 0) is 76.6 Å². The minimum atomic E-state index is -3.44. The number of pyridine rings is 1. The molecule has 5 rings (SSSR count). The van der Waals surface area contributed by atoms with E-state index >= 15 is 0 Å². The van der Waals surface area contributed by atoms with Crippen LogP contribution in [0.2, 0.25) is 0 Å². The molecule has 7 heteroatoms. The summed E-state index contributed by atoms with van der Waals surface area (Å²) in [6.45, 7) is 5.56. The maximum absolute atomic E-state index is 12.9. The summed E-state index contributed by atoms with van der Waals surface area (Å²) in [5.41, 5.74) is 1.75. The molecule has 1 N–H and O–H groups in total. The van der Waals surface area contributed by atoms with Crippen LogP contribution in [-0.4, -0.2) is 41.6 Å². The zero-order valence-corrected chi connectivity index (χ0v) is 21.6. The SMILES string of the molecule is CCC12CC3C=NN(c4ccccc4)C3C=C1CCC2(O)CCc1ncccc1S(=O)(=O)C(C)C. The molecule has 186 valence electrons. The highest BCUT2D eigenvalue weighted by Gasteiger charge is 2.59. The molecule has 2 aromatic rings. The molecule has 1 aromatic heterocycles. The van der Waals surface area contributed by atoms with Crippen molar-refractivity contribution in [2.75, 3.05) is 5.01 Å². The van der Waals surface area contributed by atoms with Crippen molar-refractivity contribution < 1.29 is 13.5 Å². The van der Waals surface area contributed by atoms with Crippen LogP contribution in [0.4, 0.5) is 5.69 Å². The summed E-state index contributed by atoms with van der Waals surface area (Å²) in [6.07, 6.45) is 10.2. The Morgan fingerprint density at radius 1 is 1.17 bits per heavy atom. The van der Waals surface area contributed by atoms with Gasteiger partial charge in [-0.1, -0.05) is 36.8 Å². The number of aliphatic hydroxyl groups is 1. The van der Waals surface area contributed by atoms with Gasteiger partial charge in [-0.25, -0.2) is 8.42 Å². The largest absolute Gasteiger partial charge is 0.389 e. The summed E-state index contributed by atoms with van der Waals surface area (Å²) >= 11 is 0. The van der Waals surface area contributed by atoms with Crippen molar-refractivity contribution in [3.63, 3.8) is 0 Å². The lowest BCUT2D eigenvalue weighted by Crippen LogP contribution is -2.50. The van der Waals surface area contributed by atoms with Crippen LogP contribution in [0.25, 0.3) is 0 Å². The van der Waals surface area contributed by atoms with Crippen LogP contribution in [0.15, 0.2) is 70.3 Å². The fourth-order valence-corrected chi connectivity index (χ4v) is 7.76. The van der Waals surface area contributed by atoms with Gasteiger partial charge in [-0.3, -0.25) is 9.99 Å². The van der Waals surface area contributed by atoms with Gasteiger partial charge in [0.05, 0.1) is 33.2 Å². The highest BCUT2D eigenvalue weighted by Crippen LogP contribution is 2.60. The normalized spacial score (nSPS) is 29.9. The second kappa shape index (κ2) is 8.86. The summed E-state index contributed by atoms with van der Waals surface area (Å²) < 4.78 is 25.8. The summed E-state index contributed by atoms with van der Waals surface area (Å²) in [6, 6.07) is 13.7. The fraction of sp³-hybridized carbons (Fsp3) is 0.500. The second-order valence-corrected chi connectivity index (χ2v) is 13.0. The smallest absolute Gasteiger partial charge is 0.182 e. The topological polar surface area (TPSA) is 82.9 Å². The number of hydrogen-bond acceptors (Lipinski definition) is 6. The molecule has 2 heterocycles. The molecule has 0 amide bonds. The molecule has 1 fully saturated rings. The first-order valence-electron chi connectivity index (χ1n) is 12.7. The molecule has 4 unspecified atom stereocenters. The summed E-state index contributed by atoms with van der Waals surface area (Å²) in [5.74, 6) is 0.232. The Labute approximate surface area is 208 Å². The Morgan fingerprint density at radius 2 is 1.94 bits per heavy atom. The molecular weight excluding hydrogens is 458 g/mol. The van der Waals surface area contributed by atoms with Gasteiger partial charge in [0.25, 0.3) is 0 Å². The van der Waals surface area contributed by atoms with E-state index in [9.17, 15) is 13.5 Å². The number of nitrogens with zero attached hydrogens (tertiary/aromatic N) is 3. The minimum Gasteiger partial charge on any atom is -0.389 e. The quantitative estimate of drug-likeness (QED) is 0.553. The van der Waals surface area contributed by atoms with Crippen molar-refractivity contribution in [3.8, 4) is 0 Å². The number of hydrogen-bond donors (Lipinski definition) is 1. The monoisotopic (exact) mass is 493 g/mol. The molecule has 4 atom stereocenters. The maximum atomic E-state index is 12.9. The number of aromatic nitrogens is 1. The van der Waals surface area contributed by atoms with Crippen molar-refractivity contribution in [1.82, 2.24) is 4.98 Å². The van der Waals surface area contributed by atoms with E-state index in [1.807, 2.05) is 24.4 Å². The maximum Gasteiger partial charge on any atom is 0.182 e. The van der Waals surface area contributed by atoms with E-state index in [0.29, 0.717) is 29.9 Å². The van der Waals surface area contributed by atoms with E-state index in [4.69, 9.17) is 5.10 Å². The number of anilines is 1. The standard InChI is InChI=1S/C28H35N3O3S/c1-4-27-18-21-19-30-31(23-9-6-5-7-10-23)25(21)17-22(27)12-14-28(27,32)15-13-24-26(11-8-16-29-24)35(33,34)20(2)3/h5-11,16-17,19-21,25,32H,4,12-15,18H2,1-3H3. The van der Waals surface area contributed by atoms with Crippen LogP contribution in [0, 0.1) is 11.3 Å². The zero-order chi connectivity index (χ0) is 24.8. The van der Waals surface area contributed by atoms with Gasteiger partial charge in [-0.2, -0.15) is 5.10 Å². The average Bonchev–Trinajstić information content (AvgIpc) is 3.40. The van der Waals surface area contributed by atoms with Crippen LogP contribution >= 0.6 is 0 Å². The van der Waals surface area contributed by atoms with Crippen LogP contribution < -0.4 is 5.01 Å². The average molecular weight is 494 g/mol. The molecule has 6 nitrogen and oxygen atoms in total. The van der Waals surface area contributed by atoms with E-state index < -0.39 is 20.7 Å². The predicted molar refractivity (Wildman–Crippen MR) is 139 cm³/mol. The Balaban J connectivity index is 1.43. The lowest BCUT2D eigenvalue weighted by Gasteiger charge is -2.48. The molecule has 0 radical (unpaired) electrons. The van der Waals surface area contributed by atoms with Crippen molar-refractivity contribution in [3.05, 3.63) is 66.0 Å². The van der Waals surface area contributed by atoms with Crippen LogP contribution in [0.1, 0.15) is 58.6 Å². The van der Waals surface area contributed by atoms with Gasteiger partial charge < -0.3 is 5.11 Å². The van der Waals surface area contributed by atoms with Gasteiger partial charge in [0.2, 0.25) is 0 Å². The van der Waals surface area contributed by atoms with Gasteiger partial charge in [0.1, 0.15) is 0 Å². The number of sulfone groups is 1. The van der Waals surface area contributed by atoms with Gasteiger partial charge in [0.15, 0.2) is 9.84 Å². The summed E-state index contributed by atoms with van der Waals surface area (Å²) in [7, 11) is -3.44. The molecule has 3 aliphatic rings. The van der Waals surface area contributed by atoms with Gasteiger partial charge >= 0.3 is 0 Å². The third-order valence-corrected chi connectivity index (χ3v) is 10.8. The molecule has 2 aliphatic carbocycles. The number of aryl methyl sites for hydroxylation is 1. The number of para-hydroxylation sites is 1. The molecule has 1 saturated carbocycles. The zero-order valence-electron chi connectivity index (χ0n) is 20.8. The van der Waals surface area contributed by atoms with Crippen LogP contribution in [-0.2, 0) is 16.3 Å². The minimum absolute atomic E-state index is 0.174. The predicted octanol–water partition coefficient (Wildman–Crippen LogP) is 4.94. The van der Waals surface area contributed by atoms with E-state index in [2.05, 4.69) is 35.1 Å². The van der Waals surface area contributed by atoms with Crippen molar-refractivity contribution >= 4 is 21.7 Å². The number of fused-ring (bicyclic) bond motifs is 2. The van der Waals surface area contributed by atoms with Gasteiger partial charge in [0, 0.05) is 23.7 Å². The Bertz CT molecular complexity index is 1260. The summed E-state index contributed by atoms with van der Waals surface area (Å²) in [5, 5.41) is 18.5. The highest BCUT2D eigenvalue weighted by atomic mass is 32.2. The third-order valence-electron chi connectivity index (χ3n) is 8.55. The lowest BCUT2D eigenvalue weighted by molar-refractivity contribution is -0.0668. The van der Waals surface area contributed by atoms with E-state index in [1.54, 1.807) is 32.2 Å². The Morgan fingerprint density at radius 3 is 2.66 bits per heavy atom. The van der Waals surface area contributed by atoms with Crippen molar-refractivity contribution in [2.45, 2.75) is 81.1 Å². The lowest BCUT2D eigenvalue weighted by atomic mass is 9.60. The Kier molecular flexibility index (Phi) is 6.12. The Hall–Kier alpha value is -2.51. The summed E-state index contributed by atoms with van der Waals surface area (Å²) in [4.78, 5) is 4.73.